The first kappa shape index (κ1) is 11.9. The van der Waals surface area contributed by atoms with Crippen molar-refractivity contribution in [1.82, 2.24) is 0 Å². The third-order valence-corrected chi connectivity index (χ3v) is 5.31. The van der Waals surface area contributed by atoms with E-state index in [0.717, 1.165) is 6.42 Å². The van der Waals surface area contributed by atoms with Gasteiger partial charge in [-0.2, -0.15) is 0 Å². The molecule has 1 unspecified atom stereocenters. The Morgan fingerprint density at radius 1 is 1.17 bits per heavy atom. The minimum atomic E-state index is 0.0103. The van der Waals surface area contributed by atoms with Gasteiger partial charge in [-0.25, -0.2) is 0 Å². The van der Waals surface area contributed by atoms with Crippen LogP contribution in [-0.2, 0) is 6.42 Å². The average Bonchev–Trinajstić information content (AvgIpc) is 3.04. The van der Waals surface area contributed by atoms with Crippen molar-refractivity contribution in [3.8, 4) is 0 Å². The maximum absolute atomic E-state index is 6.46. The van der Waals surface area contributed by atoms with Crippen molar-refractivity contribution in [3.63, 3.8) is 0 Å². The summed E-state index contributed by atoms with van der Waals surface area (Å²) >= 11 is 3.55. The second-order valence-corrected chi connectivity index (χ2v) is 6.19. The smallest absolute Gasteiger partial charge is 0.0663 e. The molecule has 1 nitrogen and oxygen atoms in total. The Labute approximate surface area is 115 Å². The van der Waals surface area contributed by atoms with Crippen molar-refractivity contribution in [2.75, 3.05) is 0 Å². The van der Waals surface area contributed by atoms with Crippen molar-refractivity contribution in [3.05, 3.63) is 57.1 Å². The Balaban J connectivity index is 2.09. The summed E-state index contributed by atoms with van der Waals surface area (Å²) in [6.45, 7) is 2.18. The van der Waals surface area contributed by atoms with Crippen LogP contribution >= 0.6 is 22.7 Å². The standard InChI is InChI=1S/C15H15NS2/c1-2-10-7-8-17-15(10)14(16)12-9-18-13-6-4-3-5-11(12)13/h3-9,14H,2,16H2,1H3. The Kier molecular flexibility index (Phi) is 3.20. The highest BCUT2D eigenvalue weighted by Crippen LogP contribution is 2.35. The first-order chi connectivity index (χ1) is 8.81. The van der Waals surface area contributed by atoms with Gasteiger partial charge in [0.15, 0.2) is 0 Å². The van der Waals surface area contributed by atoms with Crippen LogP contribution in [0.15, 0.2) is 41.1 Å². The topological polar surface area (TPSA) is 26.0 Å². The van der Waals surface area contributed by atoms with Crippen LogP contribution < -0.4 is 5.73 Å². The average molecular weight is 273 g/mol. The molecule has 0 aliphatic rings. The van der Waals surface area contributed by atoms with Crippen LogP contribution in [0.4, 0.5) is 0 Å². The summed E-state index contributed by atoms with van der Waals surface area (Å²) in [5.41, 5.74) is 9.10. The third kappa shape index (κ3) is 1.88. The van der Waals surface area contributed by atoms with E-state index in [1.807, 2.05) is 0 Å². The van der Waals surface area contributed by atoms with Gasteiger partial charge in [-0.1, -0.05) is 25.1 Å². The lowest BCUT2D eigenvalue weighted by Gasteiger charge is -2.11. The minimum Gasteiger partial charge on any atom is -0.320 e. The number of thiophene rings is 2. The predicted molar refractivity (Wildman–Crippen MR) is 81.6 cm³/mol. The maximum Gasteiger partial charge on any atom is 0.0663 e. The molecule has 0 radical (unpaired) electrons. The highest BCUT2D eigenvalue weighted by molar-refractivity contribution is 7.17. The summed E-state index contributed by atoms with van der Waals surface area (Å²) in [7, 11) is 0. The molecular weight excluding hydrogens is 258 g/mol. The quantitative estimate of drug-likeness (QED) is 0.743. The summed E-state index contributed by atoms with van der Waals surface area (Å²) in [5.74, 6) is 0. The fourth-order valence-corrected chi connectivity index (χ4v) is 4.31. The molecule has 2 N–H and O–H groups in total. The Bertz CT molecular complexity index is 666. The lowest BCUT2D eigenvalue weighted by molar-refractivity contribution is 0.886. The molecule has 1 atom stereocenters. The zero-order valence-corrected chi connectivity index (χ0v) is 11.9. The maximum atomic E-state index is 6.46. The van der Waals surface area contributed by atoms with E-state index in [9.17, 15) is 0 Å². The predicted octanol–water partition coefficient (Wildman–Crippen LogP) is 4.57. The number of aryl methyl sites for hydroxylation is 1. The highest BCUT2D eigenvalue weighted by Gasteiger charge is 2.17. The monoisotopic (exact) mass is 273 g/mol. The SMILES string of the molecule is CCc1ccsc1C(N)c1csc2ccccc12. The van der Waals surface area contributed by atoms with Gasteiger partial charge < -0.3 is 5.73 Å². The van der Waals surface area contributed by atoms with E-state index in [2.05, 4.69) is 48.0 Å². The van der Waals surface area contributed by atoms with Gasteiger partial charge in [0.05, 0.1) is 6.04 Å². The van der Waals surface area contributed by atoms with Crippen molar-refractivity contribution in [2.45, 2.75) is 19.4 Å². The molecule has 0 aliphatic carbocycles. The molecule has 18 heavy (non-hydrogen) atoms. The van der Waals surface area contributed by atoms with E-state index in [0.29, 0.717) is 0 Å². The summed E-state index contributed by atoms with van der Waals surface area (Å²) in [6, 6.07) is 10.7. The zero-order valence-electron chi connectivity index (χ0n) is 10.2. The van der Waals surface area contributed by atoms with E-state index < -0.39 is 0 Å². The number of hydrogen-bond donors (Lipinski definition) is 1. The van der Waals surface area contributed by atoms with E-state index >= 15 is 0 Å². The van der Waals surface area contributed by atoms with Crippen LogP contribution in [-0.4, -0.2) is 0 Å². The molecule has 92 valence electrons. The van der Waals surface area contributed by atoms with Crippen LogP contribution in [0.2, 0.25) is 0 Å². The van der Waals surface area contributed by atoms with Crippen LogP contribution in [0.25, 0.3) is 10.1 Å². The molecule has 0 spiro atoms. The third-order valence-electron chi connectivity index (χ3n) is 3.29. The van der Waals surface area contributed by atoms with Gasteiger partial charge in [0, 0.05) is 9.58 Å². The number of hydrogen-bond acceptors (Lipinski definition) is 3. The van der Waals surface area contributed by atoms with E-state index in [1.165, 1.54) is 26.1 Å². The van der Waals surface area contributed by atoms with Crippen LogP contribution in [0.5, 0.6) is 0 Å². The molecule has 0 aliphatic heterocycles. The van der Waals surface area contributed by atoms with Crippen LogP contribution in [0.3, 0.4) is 0 Å². The Morgan fingerprint density at radius 2 is 2.00 bits per heavy atom. The molecule has 3 heteroatoms. The van der Waals surface area contributed by atoms with E-state index in [4.69, 9.17) is 5.73 Å². The van der Waals surface area contributed by atoms with Crippen molar-refractivity contribution >= 4 is 32.8 Å². The molecule has 2 aromatic heterocycles. The van der Waals surface area contributed by atoms with Crippen molar-refractivity contribution in [2.24, 2.45) is 5.73 Å². The van der Waals surface area contributed by atoms with Crippen molar-refractivity contribution in [1.29, 1.82) is 0 Å². The molecule has 3 rings (SSSR count). The molecule has 1 aromatic carbocycles. The molecule has 2 heterocycles. The Hall–Kier alpha value is -1.16. The van der Waals surface area contributed by atoms with Gasteiger partial charge in [-0.15, -0.1) is 22.7 Å². The van der Waals surface area contributed by atoms with Gasteiger partial charge >= 0.3 is 0 Å². The first-order valence-electron chi connectivity index (χ1n) is 6.09. The fraction of sp³-hybridized carbons (Fsp3) is 0.200. The molecule has 0 bridgehead atoms. The van der Waals surface area contributed by atoms with Gasteiger partial charge in [0.25, 0.3) is 0 Å². The summed E-state index contributed by atoms with van der Waals surface area (Å²) < 4.78 is 1.32. The minimum absolute atomic E-state index is 0.0103. The normalized spacial score (nSPS) is 13.0. The fourth-order valence-electron chi connectivity index (χ4n) is 2.29. The number of nitrogens with two attached hydrogens (primary N) is 1. The molecule has 3 aromatic rings. The summed E-state index contributed by atoms with van der Waals surface area (Å²) in [5, 5.41) is 5.64. The van der Waals surface area contributed by atoms with Crippen LogP contribution in [0.1, 0.15) is 29.0 Å². The summed E-state index contributed by atoms with van der Waals surface area (Å²) in [6.07, 6.45) is 1.05. The first-order valence-corrected chi connectivity index (χ1v) is 7.85. The second kappa shape index (κ2) is 4.84. The van der Waals surface area contributed by atoms with Gasteiger partial charge in [-0.3, -0.25) is 0 Å². The highest BCUT2D eigenvalue weighted by atomic mass is 32.1. The Morgan fingerprint density at radius 3 is 2.83 bits per heavy atom. The van der Waals surface area contributed by atoms with Gasteiger partial charge in [-0.05, 0) is 45.8 Å². The van der Waals surface area contributed by atoms with Crippen LogP contribution in [0, 0.1) is 0 Å². The molecule has 0 fully saturated rings. The molecular formula is C15H15NS2. The lowest BCUT2D eigenvalue weighted by Crippen LogP contribution is -2.11. The van der Waals surface area contributed by atoms with Gasteiger partial charge in [0.1, 0.15) is 0 Å². The second-order valence-electron chi connectivity index (χ2n) is 4.33. The largest absolute Gasteiger partial charge is 0.320 e. The molecule has 0 amide bonds. The zero-order chi connectivity index (χ0) is 12.5. The van der Waals surface area contributed by atoms with E-state index in [-0.39, 0.29) is 6.04 Å². The number of benzene rings is 1. The molecule has 0 saturated carbocycles. The lowest BCUT2D eigenvalue weighted by atomic mass is 10.0. The summed E-state index contributed by atoms with van der Waals surface area (Å²) in [4.78, 5) is 1.31. The number of fused-ring (bicyclic) bond motifs is 1. The van der Waals surface area contributed by atoms with Gasteiger partial charge in [0.2, 0.25) is 0 Å². The molecule has 0 saturated heterocycles. The number of rotatable bonds is 3. The van der Waals surface area contributed by atoms with Crippen molar-refractivity contribution < 1.29 is 0 Å². The van der Waals surface area contributed by atoms with E-state index in [1.54, 1.807) is 22.7 Å².